The predicted octanol–water partition coefficient (Wildman–Crippen LogP) is 5.16. The van der Waals surface area contributed by atoms with Crippen molar-refractivity contribution in [1.29, 1.82) is 0 Å². The molecule has 0 saturated heterocycles. The molecule has 0 radical (unpaired) electrons. The molecule has 0 atom stereocenters. The Morgan fingerprint density at radius 2 is 1.75 bits per heavy atom. The zero-order chi connectivity index (χ0) is 14.5. The topological polar surface area (TPSA) is 17.1 Å². The van der Waals surface area contributed by atoms with Gasteiger partial charge in [0.1, 0.15) is 0 Å². The highest BCUT2D eigenvalue weighted by molar-refractivity contribution is 7.79. The first-order valence-corrected chi connectivity index (χ1v) is 7.35. The summed E-state index contributed by atoms with van der Waals surface area (Å²) in [7, 11) is 0. The van der Waals surface area contributed by atoms with Crippen molar-refractivity contribution in [3.05, 3.63) is 69.2 Å². The fraction of sp³-hybridized carbons (Fsp3) is 0.125. The van der Waals surface area contributed by atoms with Gasteiger partial charge in [-0.05, 0) is 35.7 Å². The summed E-state index contributed by atoms with van der Waals surface area (Å²) in [6.45, 7) is 0. The SMILES string of the molecule is O=C(CCc1ccccc1C=S)c1cc(Cl)cc(Cl)c1. The molecule has 20 heavy (non-hydrogen) atoms. The molecule has 2 aromatic rings. The Balaban J connectivity index is 2.10. The van der Waals surface area contributed by atoms with Crippen LogP contribution in [0.3, 0.4) is 0 Å². The van der Waals surface area contributed by atoms with Gasteiger partial charge in [-0.2, -0.15) is 0 Å². The van der Waals surface area contributed by atoms with E-state index in [1.165, 1.54) is 0 Å². The third-order valence-electron chi connectivity index (χ3n) is 2.99. The second-order valence-corrected chi connectivity index (χ2v) is 5.51. The molecule has 0 saturated carbocycles. The summed E-state index contributed by atoms with van der Waals surface area (Å²) in [5.74, 6) is 0.0218. The van der Waals surface area contributed by atoms with Gasteiger partial charge in [-0.25, -0.2) is 0 Å². The van der Waals surface area contributed by atoms with E-state index in [2.05, 4.69) is 0 Å². The molecular weight excluding hydrogens is 311 g/mol. The van der Waals surface area contributed by atoms with Crippen LogP contribution in [0.5, 0.6) is 0 Å². The van der Waals surface area contributed by atoms with Crippen LogP contribution in [-0.2, 0) is 6.42 Å². The number of thiocarbonyl (C=S) groups is 1. The fourth-order valence-corrected chi connectivity index (χ4v) is 2.74. The Morgan fingerprint density at radius 1 is 1.10 bits per heavy atom. The van der Waals surface area contributed by atoms with Crippen molar-refractivity contribution >= 4 is 46.6 Å². The van der Waals surface area contributed by atoms with Crippen molar-refractivity contribution in [3.8, 4) is 0 Å². The van der Waals surface area contributed by atoms with Gasteiger partial charge in [0.15, 0.2) is 5.78 Å². The number of hydrogen-bond acceptors (Lipinski definition) is 2. The molecule has 0 unspecified atom stereocenters. The molecule has 0 aliphatic heterocycles. The number of hydrogen-bond donors (Lipinski definition) is 0. The molecule has 0 N–H and O–H groups in total. The molecule has 4 heteroatoms. The van der Waals surface area contributed by atoms with Gasteiger partial charge in [0.05, 0.1) is 0 Å². The van der Waals surface area contributed by atoms with E-state index >= 15 is 0 Å². The van der Waals surface area contributed by atoms with Crippen LogP contribution in [0, 0.1) is 0 Å². The van der Waals surface area contributed by atoms with Crippen LogP contribution >= 0.6 is 35.4 Å². The van der Waals surface area contributed by atoms with Crippen LogP contribution in [0.1, 0.15) is 27.9 Å². The molecule has 2 aromatic carbocycles. The van der Waals surface area contributed by atoms with E-state index in [9.17, 15) is 4.79 Å². The normalized spacial score (nSPS) is 10.3. The van der Waals surface area contributed by atoms with Crippen molar-refractivity contribution < 1.29 is 4.79 Å². The van der Waals surface area contributed by atoms with E-state index in [1.807, 2.05) is 24.3 Å². The lowest BCUT2D eigenvalue weighted by atomic mass is 10.00. The molecule has 0 spiro atoms. The Kier molecular flexibility index (Phi) is 5.30. The molecule has 0 aliphatic rings. The van der Waals surface area contributed by atoms with E-state index in [1.54, 1.807) is 23.6 Å². The van der Waals surface area contributed by atoms with Crippen LogP contribution in [0.25, 0.3) is 0 Å². The lowest BCUT2D eigenvalue weighted by Crippen LogP contribution is -2.02. The predicted molar refractivity (Wildman–Crippen MR) is 88.3 cm³/mol. The first kappa shape index (κ1) is 15.2. The summed E-state index contributed by atoms with van der Waals surface area (Å²) >= 11 is 16.8. The van der Waals surface area contributed by atoms with Crippen LogP contribution in [0.4, 0.5) is 0 Å². The highest BCUT2D eigenvalue weighted by Gasteiger charge is 2.09. The minimum Gasteiger partial charge on any atom is -0.294 e. The number of carbonyl (C=O) groups excluding carboxylic acids is 1. The van der Waals surface area contributed by atoms with Crippen molar-refractivity contribution in [1.82, 2.24) is 0 Å². The van der Waals surface area contributed by atoms with Gasteiger partial charge in [0.2, 0.25) is 0 Å². The van der Waals surface area contributed by atoms with Gasteiger partial charge in [-0.15, -0.1) is 0 Å². The van der Waals surface area contributed by atoms with Crippen LogP contribution in [0.2, 0.25) is 10.0 Å². The monoisotopic (exact) mass is 322 g/mol. The summed E-state index contributed by atoms with van der Waals surface area (Å²) in [6, 6.07) is 12.7. The summed E-state index contributed by atoms with van der Waals surface area (Å²) in [4.78, 5) is 12.2. The van der Waals surface area contributed by atoms with Gasteiger partial charge in [0, 0.05) is 27.4 Å². The maximum atomic E-state index is 12.2. The molecule has 0 fully saturated rings. The number of Topliss-reactive ketones (excluding diaryl/α,β-unsaturated/α-hetero) is 1. The highest BCUT2D eigenvalue weighted by atomic mass is 35.5. The molecule has 2 rings (SSSR count). The number of halogens is 2. The van der Waals surface area contributed by atoms with E-state index in [4.69, 9.17) is 35.4 Å². The van der Waals surface area contributed by atoms with E-state index < -0.39 is 0 Å². The van der Waals surface area contributed by atoms with Crippen LogP contribution in [-0.4, -0.2) is 11.2 Å². The Morgan fingerprint density at radius 3 is 2.40 bits per heavy atom. The maximum Gasteiger partial charge on any atom is 0.163 e. The fourth-order valence-electron chi connectivity index (χ4n) is 1.98. The van der Waals surface area contributed by atoms with Crippen LogP contribution in [0.15, 0.2) is 42.5 Å². The molecule has 0 amide bonds. The molecule has 102 valence electrons. The Hall–Kier alpha value is -1.22. The molecular formula is C16H12Cl2OS. The third kappa shape index (κ3) is 3.89. The van der Waals surface area contributed by atoms with Gasteiger partial charge in [-0.1, -0.05) is 59.7 Å². The summed E-state index contributed by atoms with van der Waals surface area (Å²) in [5.41, 5.74) is 2.60. The largest absolute Gasteiger partial charge is 0.294 e. The number of aryl methyl sites for hydroxylation is 1. The lowest BCUT2D eigenvalue weighted by Gasteiger charge is -2.06. The van der Waals surface area contributed by atoms with E-state index in [0.717, 1.165) is 11.1 Å². The first-order valence-electron chi connectivity index (χ1n) is 6.12. The van der Waals surface area contributed by atoms with Crippen molar-refractivity contribution in [2.45, 2.75) is 12.8 Å². The van der Waals surface area contributed by atoms with Crippen molar-refractivity contribution in [2.75, 3.05) is 0 Å². The zero-order valence-electron chi connectivity index (χ0n) is 10.6. The number of benzene rings is 2. The van der Waals surface area contributed by atoms with Gasteiger partial charge >= 0.3 is 0 Å². The zero-order valence-corrected chi connectivity index (χ0v) is 12.9. The van der Waals surface area contributed by atoms with Crippen molar-refractivity contribution in [3.63, 3.8) is 0 Å². The standard InChI is InChI=1S/C16H12Cl2OS/c17-14-7-13(8-15(18)9-14)16(19)6-5-11-3-1-2-4-12(11)10-20/h1-4,7-10H,5-6H2. The first-order chi connectivity index (χ1) is 9.60. The minimum atomic E-state index is 0.0218. The number of carbonyl (C=O) groups is 1. The number of ketones is 1. The average molecular weight is 323 g/mol. The second kappa shape index (κ2) is 6.98. The van der Waals surface area contributed by atoms with Crippen LogP contribution < -0.4 is 0 Å². The smallest absolute Gasteiger partial charge is 0.163 e. The van der Waals surface area contributed by atoms with Gasteiger partial charge in [-0.3, -0.25) is 4.79 Å². The Labute approximate surface area is 133 Å². The second-order valence-electron chi connectivity index (χ2n) is 4.40. The average Bonchev–Trinajstić information content (AvgIpc) is 2.44. The summed E-state index contributed by atoms with van der Waals surface area (Å²) in [6.07, 6.45) is 1.04. The summed E-state index contributed by atoms with van der Waals surface area (Å²) < 4.78 is 0. The highest BCUT2D eigenvalue weighted by Crippen LogP contribution is 2.21. The molecule has 0 aromatic heterocycles. The lowest BCUT2D eigenvalue weighted by molar-refractivity contribution is 0.0983. The number of rotatable bonds is 5. The van der Waals surface area contributed by atoms with E-state index in [-0.39, 0.29) is 5.78 Å². The van der Waals surface area contributed by atoms with Gasteiger partial charge in [0.25, 0.3) is 0 Å². The van der Waals surface area contributed by atoms with E-state index in [0.29, 0.717) is 28.5 Å². The minimum absolute atomic E-state index is 0.0218. The molecule has 0 heterocycles. The molecule has 1 nitrogen and oxygen atoms in total. The Bertz CT molecular complexity index is 632. The third-order valence-corrected chi connectivity index (χ3v) is 3.68. The summed E-state index contributed by atoms with van der Waals surface area (Å²) in [5, 5.41) is 2.58. The molecule has 0 aliphatic carbocycles. The quantitative estimate of drug-likeness (QED) is 0.559. The van der Waals surface area contributed by atoms with Crippen molar-refractivity contribution in [2.24, 2.45) is 0 Å². The van der Waals surface area contributed by atoms with Gasteiger partial charge < -0.3 is 0 Å². The maximum absolute atomic E-state index is 12.2. The molecule has 0 bridgehead atoms.